The molecule has 0 unspecified atom stereocenters. The van der Waals surface area contributed by atoms with Crippen LogP contribution in [0, 0.1) is 0 Å². The van der Waals surface area contributed by atoms with Crippen molar-refractivity contribution in [2.24, 2.45) is 4.99 Å². The summed E-state index contributed by atoms with van der Waals surface area (Å²) in [5.74, 6) is -1.83. The molecule has 0 bridgehead atoms. The Balaban J connectivity index is 1.56. The summed E-state index contributed by atoms with van der Waals surface area (Å²) in [5, 5.41) is 10.5. The van der Waals surface area contributed by atoms with E-state index in [1.807, 2.05) is 0 Å². The fraction of sp³-hybridized carbons (Fsp3) is 0.154. The van der Waals surface area contributed by atoms with E-state index in [9.17, 15) is 19.5 Å². The molecule has 0 spiro atoms. The van der Waals surface area contributed by atoms with Gasteiger partial charge in [-0.3, -0.25) is 19.5 Å². The molecule has 0 saturated carbocycles. The fourth-order valence-electron chi connectivity index (χ4n) is 3.78. The minimum atomic E-state index is -1.11. The number of phenols is 1. The highest BCUT2D eigenvalue weighted by atomic mass is 35.5. The summed E-state index contributed by atoms with van der Waals surface area (Å²) in [6.45, 7) is 1.78. The normalized spacial score (nSPS) is 13.9. The van der Waals surface area contributed by atoms with Gasteiger partial charge in [0, 0.05) is 23.2 Å². The van der Waals surface area contributed by atoms with Crippen LogP contribution >= 0.6 is 23.2 Å². The van der Waals surface area contributed by atoms with Crippen LogP contribution in [0.1, 0.15) is 38.8 Å². The van der Waals surface area contributed by atoms with Crippen LogP contribution < -0.4 is 0 Å². The van der Waals surface area contributed by atoms with Gasteiger partial charge in [0.1, 0.15) is 11.8 Å². The summed E-state index contributed by atoms with van der Waals surface area (Å²) in [4.78, 5) is 43.9. The van der Waals surface area contributed by atoms with Gasteiger partial charge in [0.05, 0.1) is 28.4 Å². The van der Waals surface area contributed by atoms with Crippen LogP contribution in [0.5, 0.6) is 5.75 Å². The molecule has 3 aromatic carbocycles. The maximum Gasteiger partial charge on any atom is 0.329 e. The molecule has 1 aliphatic rings. The number of amides is 2. The number of imide groups is 1. The van der Waals surface area contributed by atoms with Crippen molar-refractivity contribution in [3.05, 3.63) is 93.0 Å². The summed E-state index contributed by atoms with van der Waals surface area (Å²) in [6.07, 6.45) is 1.52. The van der Waals surface area contributed by atoms with Crippen molar-refractivity contribution in [3.63, 3.8) is 0 Å². The van der Waals surface area contributed by atoms with Crippen molar-refractivity contribution in [1.82, 2.24) is 4.90 Å². The van der Waals surface area contributed by atoms with Gasteiger partial charge in [-0.15, -0.1) is 0 Å². The lowest BCUT2D eigenvalue weighted by molar-refractivity contribution is -0.147. The minimum Gasteiger partial charge on any atom is -0.506 e. The van der Waals surface area contributed by atoms with Crippen molar-refractivity contribution in [3.8, 4) is 5.75 Å². The number of hydrogen-bond donors (Lipinski definition) is 1. The van der Waals surface area contributed by atoms with Crippen LogP contribution in [0.3, 0.4) is 0 Å². The number of carbonyl (C=O) groups excluding carboxylic acids is 3. The van der Waals surface area contributed by atoms with Crippen molar-refractivity contribution in [1.29, 1.82) is 0 Å². The average Bonchev–Trinajstić information content (AvgIpc) is 3.10. The van der Waals surface area contributed by atoms with Gasteiger partial charge in [-0.2, -0.15) is 0 Å². The van der Waals surface area contributed by atoms with E-state index < -0.39 is 23.8 Å². The summed E-state index contributed by atoms with van der Waals surface area (Å²) in [5.41, 5.74) is 2.16. The van der Waals surface area contributed by atoms with Crippen LogP contribution in [0.25, 0.3) is 0 Å². The lowest BCUT2D eigenvalue weighted by Gasteiger charge is -2.24. The zero-order chi connectivity index (χ0) is 25.1. The first-order valence-corrected chi connectivity index (χ1v) is 11.5. The van der Waals surface area contributed by atoms with Gasteiger partial charge in [0.2, 0.25) is 0 Å². The van der Waals surface area contributed by atoms with E-state index in [0.717, 1.165) is 4.90 Å². The predicted molar refractivity (Wildman–Crippen MR) is 133 cm³/mol. The lowest BCUT2D eigenvalue weighted by Crippen LogP contribution is -2.47. The second kappa shape index (κ2) is 10.3. The van der Waals surface area contributed by atoms with Crippen LogP contribution in [-0.4, -0.2) is 46.7 Å². The summed E-state index contributed by atoms with van der Waals surface area (Å²) in [7, 11) is 0. The minimum absolute atomic E-state index is 0.0823. The van der Waals surface area contributed by atoms with E-state index in [2.05, 4.69) is 4.99 Å². The molecule has 9 heteroatoms. The molecule has 1 N–H and O–H groups in total. The highest BCUT2D eigenvalue weighted by Crippen LogP contribution is 2.31. The fourth-order valence-corrected chi connectivity index (χ4v) is 4.29. The molecule has 35 heavy (non-hydrogen) atoms. The van der Waals surface area contributed by atoms with Crippen molar-refractivity contribution < 1.29 is 24.2 Å². The van der Waals surface area contributed by atoms with Gasteiger partial charge >= 0.3 is 5.97 Å². The largest absolute Gasteiger partial charge is 0.506 e. The van der Waals surface area contributed by atoms with Crippen LogP contribution in [0.4, 0.5) is 5.69 Å². The topological polar surface area (TPSA) is 96.3 Å². The third-order valence-electron chi connectivity index (χ3n) is 5.47. The van der Waals surface area contributed by atoms with Crippen molar-refractivity contribution in [2.45, 2.75) is 19.4 Å². The number of esters is 1. The van der Waals surface area contributed by atoms with Crippen molar-refractivity contribution in [2.75, 3.05) is 6.61 Å². The SMILES string of the molecule is CCOC(=O)[C@H](Cc1ccc(N=Cc2cc(Cl)cc(Cl)c2O)cc1)N1C(=O)c2ccccc2C1=O. The number of nitrogens with zero attached hydrogens (tertiary/aromatic N) is 2. The van der Waals surface area contributed by atoms with E-state index in [1.165, 1.54) is 18.3 Å². The maximum absolute atomic E-state index is 12.9. The van der Waals surface area contributed by atoms with Gasteiger partial charge < -0.3 is 9.84 Å². The quantitative estimate of drug-likeness (QED) is 0.267. The molecule has 2 amide bonds. The molecule has 4 rings (SSSR count). The highest BCUT2D eigenvalue weighted by Gasteiger charge is 2.43. The Kier molecular flexibility index (Phi) is 7.19. The molecule has 0 saturated heterocycles. The molecule has 3 aromatic rings. The number of fused-ring (bicyclic) bond motifs is 1. The second-order valence-electron chi connectivity index (χ2n) is 7.75. The van der Waals surface area contributed by atoms with Crippen molar-refractivity contribution >= 4 is 52.9 Å². The highest BCUT2D eigenvalue weighted by molar-refractivity contribution is 6.36. The molecule has 1 aliphatic heterocycles. The molecular formula is C26H20Cl2N2O5. The van der Waals surface area contributed by atoms with Gasteiger partial charge in [-0.1, -0.05) is 47.5 Å². The van der Waals surface area contributed by atoms with Gasteiger partial charge in [0.25, 0.3) is 11.8 Å². The predicted octanol–water partition coefficient (Wildman–Crippen LogP) is 5.22. The molecule has 7 nitrogen and oxygen atoms in total. The number of carbonyl (C=O) groups is 3. The Morgan fingerprint density at radius 1 is 1.06 bits per heavy atom. The molecule has 0 aromatic heterocycles. The molecule has 0 aliphatic carbocycles. The van der Waals surface area contributed by atoms with Gasteiger partial charge in [0.15, 0.2) is 0 Å². The maximum atomic E-state index is 12.9. The summed E-state index contributed by atoms with van der Waals surface area (Å²) >= 11 is 11.9. The first kappa shape index (κ1) is 24.4. The van der Waals surface area contributed by atoms with Gasteiger partial charge in [-0.25, -0.2) is 4.79 Å². The van der Waals surface area contributed by atoms with E-state index in [1.54, 1.807) is 55.5 Å². The number of halogens is 2. The Labute approximate surface area is 211 Å². The van der Waals surface area contributed by atoms with E-state index in [0.29, 0.717) is 21.8 Å². The molecule has 0 fully saturated rings. The third-order valence-corrected chi connectivity index (χ3v) is 5.98. The molecular weight excluding hydrogens is 491 g/mol. The van der Waals surface area contributed by atoms with Gasteiger partial charge in [-0.05, 0) is 48.9 Å². The number of hydrogen-bond acceptors (Lipinski definition) is 6. The molecule has 1 heterocycles. The smallest absolute Gasteiger partial charge is 0.329 e. The van der Waals surface area contributed by atoms with Crippen LogP contribution in [0.2, 0.25) is 10.0 Å². The Bertz CT molecular complexity index is 1300. The zero-order valence-corrected chi connectivity index (χ0v) is 20.1. The molecule has 178 valence electrons. The molecule has 1 atom stereocenters. The average molecular weight is 511 g/mol. The van der Waals surface area contributed by atoms with Crippen LogP contribution in [-0.2, 0) is 16.0 Å². The number of rotatable bonds is 7. The second-order valence-corrected chi connectivity index (χ2v) is 8.59. The first-order chi connectivity index (χ1) is 16.8. The lowest BCUT2D eigenvalue weighted by atomic mass is 10.0. The molecule has 0 radical (unpaired) electrons. The van der Waals surface area contributed by atoms with E-state index in [4.69, 9.17) is 27.9 Å². The van der Waals surface area contributed by atoms with E-state index in [-0.39, 0.29) is 34.9 Å². The Hall–Kier alpha value is -3.68. The van der Waals surface area contributed by atoms with E-state index >= 15 is 0 Å². The third kappa shape index (κ3) is 5.06. The summed E-state index contributed by atoms with van der Waals surface area (Å²) in [6, 6.07) is 15.2. The van der Waals surface area contributed by atoms with Crippen LogP contribution in [0.15, 0.2) is 65.7 Å². The standard InChI is InChI=1S/C26H20Cl2N2O5/c1-2-35-26(34)22(30-24(32)19-5-3-4-6-20(19)25(30)33)11-15-7-9-18(10-8-15)29-14-16-12-17(27)13-21(28)23(16)31/h3-10,12-14,22,31H,2,11H2,1H3/t22-/m0/s1. The summed E-state index contributed by atoms with van der Waals surface area (Å²) < 4.78 is 5.17. The number of ether oxygens (including phenoxy) is 1. The number of benzene rings is 3. The monoisotopic (exact) mass is 510 g/mol. The Morgan fingerprint density at radius 3 is 2.29 bits per heavy atom. The number of aliphatic imine (C=N–C) groups is 1. The number of aromatic hydroxyl groups is 1. The Morgan fingerprint density at radius 2 is 1.69 bits per heavy atom. The zero-order valence-electron chi connectivity index (χ0n) is 18.6. The first-order valence-electron chi connectivity index (χ1n) is 10.7. The number of phenolic OH excluding ortho intramolecular Hbond substituents is 1.